The third-order valence-corrected chi connectivity index (χ3v) is 5.96. The first-order valence-corrected chi connectivity index (χ1v) is 10.4. The summed E-state index contributed by atoms with van der Waals surface area (Å²) < 4.78 is 37.7. The molecule has 0 aliphatic heterocycles. The van der Waals surface area contributed by atoms with Gasteiger partial charge in [0.1, 0.15) is 11.5 Å². The molecule has 1 fully saturated rings. The smallest absolute Gasteiger partial charge is 0.341 e. The maximum Gasteiger partial charge on any atom is 0.446 e. The van der Waals surface area contributed by atoms with E-state index in [2.05, 4.69) is 15.3 Å². The average molecular weight is 445 g/mol. The number of H-pyrrole nitrogens is 1. The van der Waals surface area contributed by atoms with Crippen LogP contribution in [0.1, 0.15) is 35.3 Å². The van der Waals surface area contributed by atoms with Crippen molar-refractivity contribution in [1.29, 1.82) is 0 Å². The van der Waals surface area contributed by atoms with Crippen LogP contribution in [0.4, 0.5) is 13.2 Å². The zero-order valence-electron chi connectivity index (χ0n) is 16.2. The molecule has 1 aliphatic carbocycles. The van der Waals surface area contributed by atoms with Crippen LogP contribution in [-0.4, -0.2) is 21.4 Å². The summed E-state index contributed by atoms with van der Waals surface area (Å²) in [5.74, 6) is -0.217. The predicted octanol–water partition coefficient (Wildman–Crippen LogP) is 4.86. The number of alkyl halides is 3. The van der Waals surface area contributed by atoms with E-state index >= 15 is 0 Å². The summed E-state index contributed by atoms with van der Waals surface area (Å²) in [4.78, 5) is 32.0. The molecule has 1 aromatic heterocycles. The zero-order valence-corrected chi connectivity index (χ0v) is 17.0. The summed E-state index contributed by atoms with van der Waals surface area (Å²) in [5.41, 5.74) is -4.10. The number of halogens is 3. The highest BCUT2D eigenvalue weighted by molar-refractivity contribution is 8.00. The normalized spacial score (nSPS) is 15.2. The Morgan fingerprint density at radius 3 is 2.32 bits per heavy atom. The third-order valence-electron chi connectivity index (χ3n) is 5.22. The van der Waals surface area contributed by atoms with Crippen molar-refractivity contribution in [2.75, 3.05) is 0 Å². The first-order chi connectivity index (χ1) is 14.7. The largest absolute Gasteiger partial charge is 0.446 e. The van der Waals surface area contributed by atoms with Crippen LogP contribution in [0.25, 0.3) is 11.4 Å². The molecule has 4 rings (SSSR count). The Bertz CT molecular complexity index is 1140. The summed E-state index contributed by atoms with van der Waals surface area (Å²) in [6.45, 7) is 0. The highest BCUT2D eigenvalue weighted by atomic mass is 32.2. The van der Waals surface area contributed by atoms with Crippen molar-refractivity contribution in [3.8, 4) is 11.4 Å². The molecule has 0 atom stereocenters. The lowest BCUT2D eigenvalue weighted by molar-refractivity contribution is -0.0328. The van der Waals surface area contributed by atoms with Gasteiger partial charge in [0.15, 0.2) is 0 Å². The van der Waals surface area contributed by atoms with Gasteiger partial charge >= 0.3 is 5.51 Å². The first kappa shape index (κ1) is 21.2. The third kappa shape index (κ3) is 4.82. The molecule has 0 saturated heterocycles. The SMILES string of the molecule is O=C(NC1(c2ccc(SC(F)(F)F)cc2)CCC1)c1cc(=O)[nH]c(-c2ccccc2)n1. The van der Waals surface area contributed by atoms with E-state index in [-0.39, 0.29) is 28.2 Å². The minimum absolute atomic E-state index is 0.0156. The van der Waals surface area contributed by atoms with Crippen molar-refractivity contribution in [2.24, 2.45) is 0 Å². The van der Waals surface area contributed by atoms with Gasteiger partial charge in [-0.1, -0.05) is 42.5 Å². The monoisotopic (exact) mass is 445 g/mol. The van der Waals surface area contributed by atoms with Crippen molar-refractivity contribution >= 4 is 17.7 Å². The molecule has 2 N–H and O–H groups in total. The molecular weight excluding hydrogens is 427 g/mol. The molecule has 5 nitrogen and oxygen atoms in total. The van der Waals surface area contributed by atoms with Gasteiger partial charge in [-0.15, -0.1) is 0 Å². The fourth-order valence-electron chi connectivity index (χ4n) is 3.58. The second kappa shape index (κ2) is 8.22. The number of hydrogen-bond donors (Lipinski definition) is 2. The molecule has 0 unspecified atom stereocenters. The van der Waals surface area contributed by atoms with Gasteiger partial charge in [0, 0.05) is 16.5 Å². The molecular formula is C22H18F3N3O2S. The number of benzene rings is 2. The Morgan fingerprint density at radius 2 is 1.74 bits per heavy atom. The molecule has 1 aliphatic rings. The second-order valence-corrected chi connectivity index (χ2v) is 8.45. The molecule has 0 radical (unpaired) electrons. The van der Waals surface area contributed by atoms with Crippen LogP contribution in [-0.2, 0) is 5.54 Å². The molecule has 3 aromatic rings. The van der Waals surface area contributed by atoms with E-state index in [0.717, 1.165) is 18.1 Å². The van der Waals surface area contributed by atoms with Gasteiger partial charge < -0.3 is 10.3 Å². The van der Waals surface area contributed by atoms with E-state index in [1.807, 2.05) is 6.07 Å². The van der Waals surface area contributed by atoms with E-state index in [1.54, 1.807) is 36.4 Å². The molecule has 0 bridgehead atoms. The number of aromatic nitrogens is 2. The Kier molecular flexibility index (Phi) is 5.62. The predicted molar refractivity (Wildman–Crippen MR) is 112 cm³/mol. The lowest BCUT2D eigenvalue weighted by atomic mass is 9.71. The summed E-state index contributed by atoms with van der Waals surface area (Å²) in [5, 5.41) is 2.95. The van der Waals surface area contributed by atoms with Gasteiger partial charge in [0.25, 0.3) is 11.5 Å². The topological polar surface area (TPSA) is 74.8 Å². The number of hydrogen-bond acceptors (Lipinski definition) is 4. The maximum absolute atomic E-state index is 12.9. The van der Waals surface area contributed by atoms with Crippen LogP contribution >= 0.6 is 11.8 Å². The number of amides is 1. The Balaban J connectivity index is 1.57. The number of nitrogens with one attached hydrogen (secondary N) is 2. The Morgan fingerprint density at radius 1 is 1.06 bits per heavy atom. The fraction of sp³-hybridized carbons (Fsp3) is 0.227. The number of nitrogens with zero attached hydrogens (tertiary/aromatic N) is 1. The van der Waals surface area contributed by atoms with Crippen molar-refractivity contribution < 1.29 is 18.0 Å². The lowest BCUT2D eigenvalue weighted by Gasteiger charge is -2.43. The van der Waals surface area contributed by atoms with Crippen LogP contribution in [0.2, 0.25) is 0 Å². The summed E-state index contributed by atoms with van der Waals surface area (Å²) in [7, 11) is 0. The number of thioether (sulfide) groups is 1. The van der Waals surface area contributed by atoms with E-state index in [4.69, 9.17) is 0 Å². The van der Waals surface area contributed by atoms with Crippen LogP contribution in [0, 0.1) is 0 Å². The number of carbonyl (C=O) groups excluding carboxylic acids is 1. The molecule has 1 saturated carbocycles. The standard InChI is InChI=1S/C22H18F3N3O2S/c23-22(24,25)31-16-9-7-15(8-10-16)21(11-4-12-21)28-20(30)17-13-18(29)27-19(26-17)14-5-2-1-3-6-14/h1-3,5-10,13H,4,11-12H2,(H,28,30)(H,26,27,29). The minimum Gasteiger partial charge on any atom is -0.341 e. The van der Waals surface area contributed by atoms with Crippen LogP contribution in [0.5, 0.6) is 0 Å². The molecule has 1 heterocycles. The Labute approximate surface area is 180 Å². The van der Waals surface area contributed by atoms with Gasteiger partial charge in [-0.05, 0) is 48.7 Å². The number of carbonyl (C=O) groups is 1. The van der Waals surface area contributed by atoms with Gasteiger partial charge in [-0.25, -0.2) is 4.98 Å². The molecule has 1 amide bonds. The molecule has 160 valence electrons. The molecule has 9 heteroatoms. The van der Waals surface area contributed by atoms with E-state index in [1.165, 1.54) is 12.1 Å². The van der Waals surface area contributed by atoms with Crippen molar-refractivity contribution in [3.63, 3.8) is 0 Å². The van der Waals surface area contributed by atoms with Crippen LogP contribution < -0.4 is 10.9 Å². The van der Waals surface area contributed by atoms with E-state index in [0.29, 0.717) is 18.4 Å². The molecule has 2 aromatic carbocycles. The van der Waals surface area contributed by atoms with E-state index < -0.39 is 22.5 Å². The van der Waals surface area contributed by atoms with Gasteiger partial charge in [0.05, 0.1) is 5.54 Å². The second-order valence-electron chi connectivity index (χ2n) is 7.31. The van der Waals surface area contributed by atoms with Crippen molar-refractivity contribution in [2.45, 2.75) is 35.2 Å². The van der Waals surface area contributed by atoms with Crippen LogP contribution in [0.3, 0.4) is 0 Å². The summed E-state index contributed by atoms with van der Waals surface area (Å²) >= 11 is -0.178. The summed E-state index contributed by atoms with van der Waals surface area (Å²) in [6, 6.07) is 16.1. The molecule has 0 spiro atoms. The number of aromatic amines is 1. The van der Waals surface area contributed by atoms with Gasteiger partial charge in [-0.2, -0.15) is 13.2 Å². The maximum atomic E-state index is 12.9. The van der Waals surface area contributed by atoms with Gasteiger partial charge in [-0.3, -0.25) is 9.59 Å². The lowest BCUT2D eigenvalue weighted by Crippen LogP contribution is -2.51. The highest BCUT2D eigenvalue weighted by Gasteiger charge is 2.40. The van der Waals surface area contributed by atoms with Crippen molar-refractivity contribution in [3.05, 3.63) is 82.3 Å². The average Bonchev–Trinajstić information content (AvgIpc) is 2.70. The number of rotatable bonds is 5. The minimum atomic E-state index is -4.35. The first-order valence-electron chi connectivity index (χ1n) is 9.60. The highest BCUT2D eigenvalue weighted by Crippen LogP contribution is 2.43. The van der Waals surface area contributed by atoms with Crippen LogP contribution in [0.15, 0.2) is 70.4 Å². The van der Waals surface area contributed by atoms with E-state index in [9.17, 15) is 22.8 Å². The van der Waals surface area contributed by atoms with Crippen molar-refractivity contribution in [1.82, 2.24) is 15.3 Å². The Hall–Kier alpha value is -3.07. The quantitative estimate of drug-likeness (QED) is 0.550. The van der Waals surface area contributed by atoms with Gasteiger partial charge in [0.2, 0.25) is 0 Å². The molecule has 31 heavy (non-hydrogen) atoms. The zero-order chi connectivity index (χ0) is 22.1. The summed E-state index contributed by atoms with van der Waals surface area (Å²) in [6.07, 6.45) is 2.18. The fourth-order valence-corrected chi connectivity index (χ4v) is 4.12.